The molecule has 1 aromatic heterocycles. The zero-order valence-corrected chi connectivity index (χ0v) is 18.8. The number of aryl methyl sites for hydroxylation is 1. The van der Waals surface area contributed by atoms with Gasteiger partial charge in [-0.1, -0.05) is 33.6 Å². The van der Waals surface area contributed by atoms with Crippen molar-refractivity contribution in [1.29, 1.82) is 0 Å². The molecule has 1 aromatic rings. The average molecular weight is 413 g/mol. The van der Waals surface area contributed by atoms with E-state index in [9.17, 15) is 13.2 Å². The first-order valence-electron chi connectivity index (χ1n) is 10.6. The number of aromatic nitrogens is 2. The Morgan fingerprint density at radius 2 is 1.79 bits per heavy atom. The van der Waals surface area contributed by atoms with Crippen LogP contribution >= 0.6 is 0 Å². The number of hydrogen-bond donors (Lipinski definition) is 1. The maximum absolute atomic E-state index is 13.2. The van der Waals surface area contributed by atoms with Crippen molar-refractivity contribution in [2.24, 2.45) is 5.92 Å². The van der Waals surface area contributed by atoms with Gasteiger partial charge in [0.15, 0.2) is 0 Å². The quantitative estimate of drug-likeness (QED) is 0.676. The number of carbonyl (C=O) groups is 1. The van der Waals surface area contributed by atoms with Crippen molar-refractivity contribution in [3.8, 4) is 0 Å². The summed E-state index contributed by atoms with van der Waals surface area (Å²) in [6.07, 6.45) is 6.02. The largest absolute Gasteiger partial charge is 0.351 e. The van der Waals surface area contributed by atoms with E-state index in [0.717, 1.165) is 32.1 Å². The summed E-state index contributed by atoms with van der Waals surface area (Å²) in [6.45, 7) is 10.6. The maximum atomic E-state index is 13.2. The topological polar surface area (TPSA) is 84.3 Å². The molecule has 1 heterocycles. The number of sulfonamides is 1. The summed E-state index contributed by atoms with van der Waals surface area (Å²) < 4.78 is 29.4. The predicted octanol–water partition coefficient (Wildman–Crippen LogP) is 3.01. The van der Waals surface area contributed by atoms with E-state index in [1.807, 2.05) is 13.8 Å². The van der Waals surface area contributed by atoms with Crippen molar-refractivity contribution in [1.82, 2.24) is 19.4 Å². The lowest BCUT2D eigenvalue weighted by Gasteiger charge is -2.29. The van der Waals surface area contributed by atoms with E-state index in [1.165, 1.54) is 15.4 Å². The molecule has 1 N–H and O–H groups in total. The normalized spacial score (nSPS) is 20.5. The lowest BCUT2D eigenvalue weighted by molar-refractivity contribution is -0.123. The van der Waals surface area contributed by atoms with Gasteiger partial charge in [0, 0.05) is 19.1 Å². The molecule has 0 unspecified atom stereocenters. The summed E-state index contributed by atoms with van der Waals surface area (Å²) in [5.41, 5.74) is 0.982. The van der Waals surface area contributed by atoms with E-state index in [2.05, 4.69) is 17.3 Å². The van der Waals surface area contributed by atoms with Crippen LogP contribution in [0.15, 0.2) is 4.90 Å². The van der Waals surface area contributed by atoms with Gasteiger partial charge < -0.3 is 5.32 Å². The Kier molecular flexibility index (Phi) is 8.07. The van der Waals surface area contributed by atoms with Gasteiger partial charge in [0.25, 0.3) is 0 Å². The predicted molar refractivity (Wildman–Crippen MR) is 111 cm³/mol. The molecule has 8 heteroatoms. The van der Waals surface area contributed by atoms with Crippen molar-refractivity contribution < 1.29 is 13.2 Å². The Morgan fingerprint density at radius 3 is 2.36 bits per heavy atom. The number of hydrogen-bond acceptors (Lipinski definition) is 4. The fourth-order valence-electron chi connectivity index (χ4n) is 4.11. The molecule has 0 spiro atoms. The number of carbonyl (C=O) groups excluding carboxylic acids is 1. The molecule has 2 atom stereocenters. The van der Waals surface area contributed by atoms with Gasteiger partial charge >= 0.3 is 0 Å². The fourth-order valence-corrected chi connectivity index (χ4v) is 6.10. The standard InChI is InChI=1S/C20H36N4O3S/c1-6-12-23(13-7-2)28(26,27)20-16(4)22-24(17(20)5)14-19(25)21-18-11-9-8-10-15(18)3/h15,18H,6-14H2,1-5H3,(H,21,25)/t15-,18-/m0/s1. The summed E-state index contributed by atoms with van der Waals surface area (Å²) in [5, 5.41) is 7.50. The molecule has 0 radical (unpaired) electrons. The third kappa shape index (κ3) is 5.14. The van der Waals surface area contributed by atoms with E-state index in [-0.39, 0.29) is 23.4 Å². The minimum Gasteiger partial charge on any atom is -0.351 e. The molecule has 0 aromatic carbocycles. The minimum atomic E-state index is -3.62. The summed E-state index contributed by atoms with van der Waals surface area (Å²) >= 11 is 0. The highest BCUT2D eigenvalue weighted by Gasteiger charge is 2.31. The van der Waals surface area contributed by atoms with Crippen LogP contribution in [0.1, 0.15) is 70.7 Å². The maximum Gasteiger partial charge on any atom is 0.246 e. The van der Waals surface area contributed by atoms with Crippen LogP contribution < -0.4 is 5.32 Å². The molecule has 1 aliphatic rings. The minimum absolute atomic E-state index is 0.0486. The third-order valence-corrected chi connectivity index (χ3v) is 7.76. The van der Waals surface area contributed by atoms with E-state index >= 15 is 0 Å². The molecular weight excluding hydrogens is 376 g/mol. The smallest absolute Gasteiger partial charge is 0.246 e. The Morgan fingerprint density at radius 1 is 1.18 bits per heavy atom. The van der Waals surface area contributed by atoms with Gasteiger partial charge in [0.2, 0.25) is 15.9 Å². The van der Waals surface area contributed by atoms with Crippen LogP contribution in [0.4, 0.5) is 0 Å². The van der Waals surface area contributed by atoms with Crippen LogP contribution in [0, 0.1) is 19.8 Å². The number of nitrogens with zero attached hydrogens (tertiary/aromatic N) is 3. The van der Waals surface area contributed by atoms with Crippen LogP contribution in [-0.2, 0) is 21.4 Å². The van der Waals surface area contributed by atoms with E-state index < -0.39 is 10.0 Å². The van der Waals surface area contributed by atoms with Gasteiger partial charge in [-0.15, -0.1) is 0 Å². The second-order valence-electron chi connectivity index (χ2n) is 8.00. The van der Waals surface area contributed by atoms with Crippen LogP contribution in [-0.4, -0.2) is 47.5 Å². The highest BCUT2D eigenvalue weighted by molar-refractivity contribution is 7.89. The number of amides is 1. The Balaban J connectivity index is 2.19. The van der Waals surface area contributed by atoms with Crippen molar-refractivity contribution in [3.05, 3.63) is 11.4 Å². The van der Waals surface area contributed by atoms with Crippen LogP contribution in [0.5, 0.6) is 0 Å². The molecule has 7 nitrogen and oxygen atoms in total. The zero-order chi connectivity index (χ0) is 20.9. The first-order chi connectivity index (χ1) is 13.2. The Hall–Kier alpha value is -1.41. The van der Waals surface area contributed by atoms with E-state index in [4.69, 9.17) is 0 Å². The molecule has 1 saturated carbocycles. The Labute approximate surface area is 169 Å². The van der Waals surface area contributed by atoms with Gasteiger partial charge in [-0.3, -0.25) is 9.48 Å². The number of nitrogens with one attached hydrogen (secondary N) is 1. The molecule has 160 valence electrons. The van der Waals surface area contributed by atoms with Gasteiger partial charge in [-0.05, 0) is 45.4 Å². The van der Waals surface area contributed by atoms with Gasteiger partial charge in [-0.25, -0.2) is 8.42 Å². The molecular formula is C20H36N4O3S. The summed E-state index contributed by atoms with van der Waals surface area (Å²) in [5.74, 6) is 0.373. The first-order valence-corrected chi connectivity index (χ1v) is 12.0. The SMILES string of the molecule is CCCN(CCC)S(=O)(=O)c1c(C)nn(CC(=O)N[C@H]2CCCC[C@@H]2C)c1C. The average Bonchev–Trinajstić information content (AvgIpc) is 2.90. The Bertz CT molecular complexity index is 767. The van der Waals surface area contributed by atoms with Crippen LogP contribution in [0.3, 0.4) is 0 Å². The summed E-state index contributed by atoms with van der Waals surface area (Å²) in [4.78, 5) is 12.8. The molecule has 1 fully saturated rings. The highest BCUT2D eigenvalue weighted by atomic mass is 32.2. The molecule has 1 aliphatic carbocycles. The molecule has 0 aliphatic heterocycles. The molecule has 1 amide bonds. The first kappa shape index (κ1) is 22.9. The van der Waals surface area contributed by atoms with Crippen molar-refractivity contribution in [2.45, 2.75) is 90.6 Å². The second-order valence-corrected chi connectivity index (χ2v) is 9.87. The second kappa shape index (κ2) is 9.87. The van der Waals surface area contributed by atoms with Crippen LogP contribution in [0.2, 0.25) is 0 Å². The lowest BCUT2D eigenvalue weighted by Crippen LogP contribution is -2.42. The zero-order valence-electron chi connectivity index (χ0n) is 18.0. The van der Waals surface area contributed by atoms with Gasteiger partial charge in [-0.2, -0.15) is 9.40 Å². The van der Waals surface area contributed by atoms with E-state index in [1.54, 1.807) is 13.8 Å². The lowest BCUT2D eigenvalue weighted by atomic mass is 9.86. The van der Waals surface area contributed by atoms with Crippen LogP contribution in [0.25, 0.3) is 0 Å². The summed E-state index contributed by atoms with van der Waals surface area (Å²) in [7, 11) is -3.62. The number of rotatable bonds is 9. The van der Waals surface area contributed by atoms with Gasteiger partial charge in [0.05, 0.1) is 11.4 Å². The monoisotopic (exact) mass is 412 g/mol. The molecule has 2 rings (SSSR count). The third-order valence-electron chi connectivity index (χ3n) is 5.61. The van der Waals surface area contributed by atoms with Crippen molar-refractivity contribution in [3.63, 3.8) is 0 Å². The molecule has 0 saturated heterocycles. The molecule has 28 heavy (non-hydrogen) atoms. The highest BCUT2D eigenvalue weighted by Crippen LogP contribution is 2.25. The summed E-state index contributed by atoms with van der Waals surface area (Å²) in [6, 6.07) is 0.200. The van der Waals surface area contributed by atoms with Crippen molar-refractivity contribution >= 4 is 15.9 Å². The van der Waals surface area contributed by atoms with Crippen molar-refractivity contribution in [2.75, 3.05) is 13.1 Å². The molecule has 0 bridgehead atoms. The fraction of sp³-hybridized carbons (Fsp3) is 0.800. The van der Waals surface area contributed by atoms with E-state index in [0.29, 0.717) is 30.4 Å². The van der Waals surface area contributed by atoms with Gasteiger partial charge in [0.1, 0.15) is 11.4 Å².